The van der Waals surface area contributed by atoms with Gasteiger partial charge in [-0.15, -0.1) is 0 Å². The summed E-state index contributed by atoms with van der Waals surface area (Å²) in [7, 11) is 0. The summed E-state index contributed by atoms with van der Waals surface area (Å²) in [6.45, 7) is 3.86. The molecule has 1 aromatic carbocycles. The van der Waals surface area contributed by atoms with E-state index in [1.54, 1.807) is 6.92 Å². The van der Waals surface area contributed by atoms with E-state index in [1.807, 2.05) is 25.1 Å². The second kappa shape index (κ2) is 4.72. The minimum Gasteiger partial charge on any atom is -0.462 e. The van der Waals surface area contributed by atoms with Crippen LogP contribution in [-0.4, -0.2) is 22.0 Å². The minimum absolute atomic E-state index is 0.0349. The number of esters is 1. The molecule has 6 heteroatoms. The number of carbonyl (C=O) groups excluding carboxylic acids is 1. The fourth-order valence-corrected chi connectivity index (χ4v) is 3.22. The number of ether oxygens (including phenoxy) is 1. The van der Waals surface area contributed by atoms with Crippen molar-refractivity contribution >= 4 is 32.5 Å². The van der Waals surface area contributed by atoms with E-state index in [-0.39, 0.29) is 17.7 Å². The molecule has 3 rings (SSSR count). The van der Waals surface area contributed by atoms with Crippen LogP contribution in [0.2, 0.25) is 0 Å². The largest absolute Gasteiger partial charge is 0.462 e. The molecule has 3 aromatic rings. The van der Waals surface area contributed by atoms with Crippen LogP contribution in [0.15, 0.2) is 29.2 Å². The molecule has 2 aromatic heterocycles. The summed E-state index contributed by atoms with van der Waals surface area (Å²) in [4.78, 5) is 29.1. The van der Waals surface area contributed by atoms with E-state index < -0.39 is 5.97 Å². The maximum absolute atomic E-state index is 12.5. The Morgan fingerprint density at radius 1 is 1.45 bits per heavy atom. The van der Waals surface area contributed by atoms with Gasteiger partial charge in [-0.2, -0.15) is 0 Å². The molecule has 0 N–H and O–H groups in total. The van der Waals surface area contributed by atoms with Crippen molar-refractivity contribution in [3.8, 4) is 0 Å². The van der Waals surface area contributed by atoms with Crippen LogP contribution < -0.4 is 5.56 Å². The average Bonchev–Trinajstić information content (AvgIpc) is 2.80. The minimum atomic E-state index is -0.632. The van der Waals surface area contributed by atoms with Crippen molar-refractivity contribution in [2.45, 2.75) is 13.8 Å². The molecule has 0 aliphatic heterocycles. The van der Waals surface area contributed by atoms with E-state index in [4.69, 9.17) is 4.74 Å². The Balaban J connectivity index is 2.39. The van der Waals surface area contributed by atoms with Crippen molar-refractivity contribution in [1.82, 2.24) is 9.38 Å². The number of aromatic nitrogens is 2. The smallest absolute Gasteiger partial charge is 0.345 e. The lowest BCUT2D eigenvalue weighted by Crippen LogP contribution is -2.23. The van der Waals surface area contributed by atoms with E-state index in [2.05, 4.69) is 4.98 Å². The number of fused-ring (bicyclic) bond motifs is 3. The maximum Gasteiger partial charge on any atom is 0.345 e. The van der Waals surface area contributed by atoms with Gasteiger partial charge in [-0.3, -0.25) is 4.79 Å². The van der Waals surface area contributed by atoms with Gasteiger partial charge in [0.2, 0.25) is 0 Å². The molecule has 0 spiro atoms. The first-order valence-corrected chi connectivity index (χ1v) is 7.02. The van der Waals surface area contributed by atoms with E-state index in [0.29, 0.717) is 4.96 Å². The molecule has 0 fully saturated rings. The van der Waals surface area contributed by atoms with Gasteiger partial charge >= 0.3 is 5.97 Å². The first kappa shape index (κ1) is 12.8. The van der Waals surface area contributed by atoms with E-state index in [9.17, 15) is 9.59 Å². The predicted octanol–water partition coefficient (Wildman–Crippen LogP) is 2.39. The van der Waals surface area contributed by atoms with Crippen molar-refractivity contribution < 1.29 is 9.53 Å². The summed E-state index contributed by atoms with van der Waals surface area (Å²) in [5.74, 6) is -0.632. The zero-order chi connectivity index (χ0) is 14.3. The summed E-state index contributed by atoms with van der Waals surface area (Å²) in [5, 5.41) is 0. The quantitative estimate of drug-likeness (QED) is 0.679. The Hall–Kier alpha value is -2.21. The van der Waals surface area contributed by atoms with Gasteiger partial charge < -0.3 is 4.74 Å². The molecular formula is C14H12N2O3S. The molecule has 2 heterocycles. The highest BCUT2D eigenvalue weighted by molar-refractivity contribution is 7.23. The fraction of sp³-hybridized carbons (Fsp3) is 0.214. The maximum atomic E-state index is 12.5. The van der Waals surface area contributed by atoms with Gasteiger partial charge in [0, 0.05) is 0 Å². The third-order valence-corrected chi connectivity index (χ3v) is 4.07. The number of para-hydroxylation sites is 1. The Bertz CT molecular complexity index is 879. The predicted molar refractivity (Wildman–Crippen MR) is 77.5 cm³/mol. The monoisotopic (exact) mass is 288 g/mol. The lowest BCUT2D eigenvalue weighted by Gasteiger charge is -2.02. The van der Waals surface area contributed by atoms with E-state index in [0.717, 1.165) is 15.8 Å². The van der Waals surface area contributed by atoms with Crippen molar-refractivity contribution in [3.63, 3.8) is 0 Å². The second-order valence-electron chi connectivity index (χ2n) is 4.34. The Morgan fingerprint density at radius 2 is 2.25 bits per heavy atom. The summed E-state index contributed by atoms with van der Waals surface area (Å²) >= 11 is 1.42. The highest BCUT2D eigenvalue weighted by Gasteiger charge is 2.17. The van der Waals surface area contributed by atoms with Crippen LogP contribution in [0.5, 0.6) is 0 Å². The van der Waals surface area contributed by atoms with Crippen molar-refractivity contribution in [1.29, 1.82) is 0 Å². The van der Waals surface area contributed by atoms with Gasteiger partial charge in [-0.1, -0.05) is 23.5 Å². The van der Waals surface area contributed by atoms with Gasteiger partial charge in [-0.25, -0.2) is 14.2 Å². The van der Waals surface area contributed by atoms with Crippen LogP contribution in [0.4, 0.5) is 0 Å². The SMILES string of the molecule is CCOC(=O)c1cnc2sc3cccc(C)c3n2c1=O. The molecule has 0 unspecified atom stereocenters. The first-order valence-electron chi connectivity index (χ1n) is 6.20. The van der Waals surface area contributed by atoms with Crippen molar-refractivity contribution in [2.75, 3.05) is 6.61 Å². The van der Waals surface area contributed by atoms with Crippen LogP contribution in [0.1, 0.15) is 22.8 Å². The molecule has 20 heavy (non-hydrogen) atoms. The fourth-order valence-electron chi connectivity index (χ4n) is 2.16. The summed E-state index contributed by atoms with van der Waals surface area (Å²) < 4.78 is 7.34. The van der Waals surface area contributed by atoms with Crippen molar-refractivity contribution in [3.05, 3.63) is 45.9 Å². The topological polar surface area (TPSA) is 60.7 Å². The van der Waals surface area contributed by atoms with Gasteiger partial charge in [0.25, 0.3) is 5.56 Å². The highest BCUT2D eigenvalue weighted by atomic mass is 32.1. The molecule has 0 aliphatic carbocycles. The molecule has 102 valence electrons. The number of thiazole rings is 1. The summed E-state index contributed by atoms with van der Waals surface area (Å²) in [6.07, 6.45) is 1.29. The molecule has 0 aliphatic rings. The highest BCUT2D eigenvalue weighted by Crippen LogP contribution is 2.26. The van der Waals surface area contributed by atoms with Crippen LogP contribution in [0, 0.1) is 6.92 Å². The zero-order valence-corrected chi connectivity index (χ0v) is 11.9. The standard InChI is InChI=1S/C14H12N2O3S/c1-3-19-13(18)9-7-15-14-16(12(9)17)11-8(2)5-4-6-10(11)20-14/h4-7H,3H2,1-2H3. The molecule has 0 bridgehead atoms. The summed E-state index contributed by atoms with van der Waals surface area (Å²) in [6, 6.07) is 5.80. The van der Waals surface area contributed by atoms with Gasteiger partial charge in [0.1, 0.15) is 5.56 Å². The Kier molecular flexibility index (Phi) is 3.02. The molecular weight excluding hydrogens is 276 g/mol. The zero-order valence-electron chi connectivity index (χ0n) is 11.0. The van der Waals surface area contributed by atoms with E-state index in [1.165, 1.54) is 21.9 Å². The number of hydrogen-bond acceptors (Lipinski definition) is 5. The lowest BCUT2D eigenvalue weighted by atomic mass is 10.2. The lowest BCUT2D eigenvalue weighted by molar-refractivity contribution is 0.0523. The van der Waals surface area contributed by atoms with Crippen LogP contribution >= 0.6 is 11.3 Å². The number of aryl methyl sites for hydroxylation is 1. The third kappa shape index (κ3) is 1.80. The molecule has 0 amide bonds. The molecule has 0 atom stereocenters. The Morgan fingerprint density at radius 3 is 3.00 bits per heavy atom. The number of hydrogen-bond donors (Lipinski definition) is 0. The van der Waals surface area contributed by atoms with Crippen LogP contribution in [-0.2, 0) is 4.74 Å². The summed E-state index contributed by atoms with van der Waals surface area (Å²) in [5.41, 5.74) is 1.36. The van der Waals surface area contributed by atoms with Gasteiger partial charge in [0.15, 0.2) is 4.96 Å². The molecule has 0 saturated heterocycles. The average molecular weight is 288 g/mol. The van der Waals surface area contributed by atoms with Gasteiger partial charge in [0.05, 0.1) is 23.0 Å². The number of nitrogens with zero attached hydrogens (tertiary/aromatic N) is 2. The van der Waals surface area contributed by atoms with Crippen LogP contribution in [0.3, 0.4) is 0 Å². The third-order valence-electron chi connectivity index (χ3n) is 3.05. The molecule has 0 saturated carbocycles. The van der Waals surface area contributed by atoms with Gasteiger partial charge in [-0.05, 0) is 25.5 Å². The molecule has 5 nitrogen and oxygen atoms in total. The van der Waals surface area contributed by atoms with Crippen molar-refractivity contribution in [2.24, 2.45) is 0 Å². The number of carbonyl (C=O) groups is 1. The van der Waals surface area contributed by atoms with Crippen LogP contribution in [0.25, 0.3) is 15.2 Å². The second-order valence-corrected chi connectivity index (χ2v) is 5.35. The number of benzene rings is 1. The Labute approximate surface area is 118 Å². The first-order chi connectivity index (χ1) is 9.63. The molecule has 0 radical (unpaired) electrons. The number of rotatable bonds is 2. The van der Waals surface area contributed by atoms with E-state index >= 15 is 0 Å². The normalized spacial score (nSPS) is 11.1.